The van der Waals surface area contributed by atoms with Gasteiger partial charge in [0.2, 0.25) is 0 Å². The molecule has 17 heavy (non-hydrogen) atoms. The number of aryl methyl sites for hydroxylation is 1. The highest BCUT2D eigenvalue weighted by atomic mass is 16.3. The fraction of sp³-hybridized carbons (Fsp3) is 0.357. The van der Waals surface area contributed by atoms with Crippen molar-refractivity contribution in [2.24, 2.45) is 5.73 Å². The minimum Gasteiger partial charge on any atom is -0.464 e. The molecule has 2 aromatic rings. The van der Waals surface area contributed by atoms with E-state index < -0.39 is 0 Å². The molecule has 2 aromatic heterocycles. The average molecular weight is 230 g/mol. The third-order valence-corrected chi connectivity index (χ3v) is 3.13. The highest BCUT2D eigenvalue weighted by molar-refractivity contribution is 5.21. The Labute approximate surface area is 102 Å². The number of nitrogens with zero attached hydrogens (tertiary/aromatic N) is 1. The van der Waals surface area contributed by atoms with Crippen molar-refractivity contribution in [2.75, 3.05) is 0 Å². The van der Waals surface area contributed by atoms with Crippen LogP contribution in [0.25, 0.3) is 0 Å². The zero-order valence-electron chi connectivity index (χ0n) is 10.3. The number of rotatable bonds is 4. The van der Waals surface area contributed by atoms with Crippen molar-refractivity contribution >= 4 is 0 Å². The van der Waals surface area contributed by atoms with E-state index in [-0.39, 0.29) is 12.0 Å². The van der Waals surface area contributed by atoms with Crippen molar-refractivity contribution in [3.63, 3.8) is 0 Å². The minimum absolute atomic E-state index is 0.113. The first-order valence-electron chi connectivity index (χ1n) is 5.96. The van der Waals surface area contributed by atoms with Gasteiger partial charge in [-0.15, -0.1) is 0 Å². The third kappa shape index (κ3) is 2.56. The standard InChI is InChI=1S/C14H18N2O/c1-3-12-4-5-13(17-12)14(15)10(2)11-6-8-16-9-7-11/h4-10,14H,3,15H2,1-2H3. The summed E-state index contributed by atoms with van der Waals surface area (Å²) in [5.74, 6) is 2.05. The number of furan rings is 1. The molecule has 0 amide bonds. The van der Waals surface area contributed by atoms with Crippen LogP contribution in [0.5, 0.6) is 0 Å². The fourth-order valence-corrected chi connectivity index (χ4v) is 1.88. The highest BCUT2D eigenvalue weighted by Gasteiger charge is 2.19. The van der Waals surface area contributed by atoms with E-state index in [1.165, 1.54) is 5.56 Å². The van der Waals surface area contributed by atoms with Gasteiger partial charge in [-0.2, -0.15) is 0 Å². The van der Waals surface area contributed by atoms with Gasteiger partial charge in [0.1, 0.15) is 11.5 Å². The van der Waals surface area contributed by atoms with Crippen LogP contribution >= 0.6 is 0 Å². The van der Waals surface area contributed by atoms with Gasteiger partial charge < -0.3 is 10.2 Å². The van der Waals surface area contributed by atoms with E-state index in [2.05, 4.69) is 18.8 Å². The molecule has 0 bridgehead atoms. The van der Waals surface area contributed by atoms with Gasteiger partial charge in [-0.25, -0.2) is 0 Å². The number of pyridine rings is 1. The first kappa shape index (κ1) is 11.9. The summed E-state index contributed by atoms with van der Waals surface area (Å²) in [6.07, 6.45) is 4.48. The largest absolute Gasteiger partial charge is 0.464 e. The number of hydrogen-bond acceptors (Lipinski definition) is 3. The summed E-state index contributed by atoms with van der Waals surface area (Å²) in [4.78, 5) is 4.01. The van der Waals surface area contributed by atoms with E-state index in [1.54, 1.807) is 12.4 Å². The molecular formula is C14H18N2O. The molecule has 0 fully saturated rings. The van der Waals surface area contributed by atoms with Crippen LogP contribution in [-0.4, -0.2) is 4.98 Å². The van der Waals surface area contributed by atoms with Crippen LogP contribution in [0.3, 0.4) is 0 Å². The first-order chi connectivity index (χ1) is 8.22. The quantitative estimate of drug-likeness (QED) is 0.878. The summed E-state index contributed by atoms with van der Waals surface area (Å²) in [7, 11) is 0. The summed E-state index contributed by atoms with van der Waals surface area (Å²) in [6, 6.07) is 7.84. The Morgan fingerprint density at radius 1 is 1.24 bits per heavy atom. The molecule has 0 aromatic carbocycles. The van der Waals surface area contributed by atoms with Crippen LogP contribution in [0.2, 0.25) is 0 Å². The molecule has 0 aliphatic carbocycles. The van der Waals surface area contributed by atoms with Gasteiger partial charge in [0, 0.05) is 24.7 Å². The smallest absolute Gasteiger partial charge is 0.121 e. The van der Waals surface area contributed by atoms with Gasteiger partial charge in [-0.1, -0.05) is 13.8 Å². The summed E-state index contributed by atoms with van der Waals surface area (Å²) in [6.45, 7) is 4.18. The molecule has 0 aliphatic heterocycles. The van der Waals surface area contributed by atoms with Crippen molar-refractivity contribution in [3.05, 3.63) is 53.7 Å². The minimum atomic E-state index is -0.113. The van der Waals surface area contributed by atoms with Gasteiger partial charge in [-0.05, 0) is 29.8 Å². The van der Waals surface area contributed by atoms with E-state index in [9.17, 15) is 0 Å². The summed E-state index contributed by atoms with van der Waals surface area (Å²) >= 11 is 0. The maximum absolute atomic E-state index is 6.22. The molecule has 90 valence electrons. The second-order valence-corrected chi connectivity index (χ2v) is 4.25. The van der Waals surface area contributed by atoms with Crippen molar-refractivity contribution in [2.45, 2.75) is 32.2 Å². The Kier molecular flexibility index (Phi) is 3.59. The van der Waals surface area contributed by atoms with E-state index in [0.29, 0.717) is 0 Å². The van der Waals surface area contributed by atoms with E-state index in [4.69, 9.17) is 10.2 Å². The molecule has 0 saturated carbocycles. The average Bonchev–Trinajstić information content (AvgIpc) is 2.87. The highest BCUT2D eigenvalue weighted by Crippen LogP contribution is 2.29. The molecule has 0 spiro atoms. The van der Waals surface area contributed by atoms with Gasteiger partial charge in [0.15, 0.2) is 0 Å². The summed E-state index contributed by atoms with van der Waals surface area (Å²) in [5.41, 5.74) is 7.41. The molecule has 2 N–H and O–H groups in total. The Balaban J connectivity index is 2.17. The lowest BCUT2D eigenvalue weighted by Crippen LogP contribution is -2.17. The van der Waals surface area contributed by atoms with Crippen molar-refractivity contribution in [3.8, 4) is 0 Å². The Morgan fingerprint density at radius 2 is 1.94 bits per heavy atom. The lowest BCUT2D eigenvalue weighted by molar-refractivity contribution is 0.412. The molecule has 2 atom stereocenters. The molecule has 0 saturated heterocycles. The number of aromatic nitrogens is 1. The van der Waals surface area contributed by atoms with Crippen LogP contribution < -0.4 is 5.73 Å². The van der Waals surface area contributed by atoms with Crippen LogP contribution in [0, 0.1) is 0 Å². The lowest BCUT2D eigenvalue weighted by atomic mass is 9.93. The zero-order chi connectivity index (χ0) is 12.3. The molecular weight excluding hydrogens is 212 g/mol. The second kappa shape index (κ2) is 5.15. The van der Waals surface area contributed by atoms with Crippen molar-refractivity contribution < 1.29 is 4.42 Å². The lowest BCUT2D eigenvalue weighted by Gasteiger charge is -2.18. The predicted molar refractivity (Wildman–Crippen MR) is 67.7 cm³/mol. The molecule has 2 heterocycles. The van der Waals surface area contributed by atoms with Gasteiger partial charge in [0.05, 0.1) is 6.04 Å². The second-order valence-electron chi connectivity index (χ2n) is 4.25. The summed E-state index contributed by atoms with van der Waals surface area (Å²) in [5, 5.41) is 0. The zero-order valence-corrected chi connectivity index (χ0v) is 10.3. The maximum atomic E-state index is 6.22. The van der Waals surface area contributed by atoms with Gasteiger partial charge in [-0.3, -0.25) is 4.98 Å². The van der Waals surface area contributed by atoms with E-state index in [1.807, 2.05) is 24.3 Å². The number of nitrogens with two attached hydrogens (primary N) is 1. The maximum Gasteiger partial charge on any atom is 0.121 e. The predicted octanol–water partition coefficient (Wildman–Crippen LogP) is 3.04. The number of hydrogen-bond donors (Lipinski definition) is 1. The van der Waals surface area contributed by atoms with Crippen LogP contribution in [0.4, 0.5) is 0 Å². The molecule has 0 radical (unpaired) electrons. The van der Waals surface area contributed by atoms with Crippen LogP contribution in [0.15, 0.2) is 41.1 Å². The molecule has 2 rings (SSSR count). The topological polar surface area (TPSA) is 52.0 Å². The van der Waals surface area contributed by atoms with Gasteiger partial charge >= 0.3 is 0 Å². The Morgan fingerprint density at radius 3 is 2.53 bits per heavy atom. The molecule has 0 aliphatic rings. The Bertz CT molecular complexity index is 464. The van der Waals surface area contributed by atoms with Crippen LogP contribution in [0.1, 0.15) is 42.9 Å². The van der Waals surface area contributed by atoms with Crippen molar-refractivity contribution in [1.29, 1.82) is 0 Å². The van der Waals surface area contributed by atoms with E-state index >= 15 is 0 Å². The van der Waals surface area contributed by atoms with E-state index in [0.717, 1.165) is 17.9 Å². The molecule has 3 nitrogen and oxygen atoms in total. The fourth-order valence-electron chi connectivity index (χ4n) is 1.88. The molecule has 3 heteroatoms. The van der Waals surface area contributed by atoms with Crippen LogP contribution in [-0.2, 0) is 6.42 Å². The normalized spacial score (nSPS) is 14.5. The first-order valence-corrected chi connectivity index (χ1v) is 5.96. The summed E-state index contributed by atoms with van der Waals surface area (Å²) < 4.78 is 5.70. The van der Waals surface area contributed by atoms with Crippen molar-refractivity contribution in [1.82, 2.24) is 4.98 Å². The Hall–Kier alpha value is -1.61. The third-order valence-electron chi connectivity index (χ3n) is 3.13. The van der Waals surface area contributed by atoms with Gasteiger partial charge in [0.25, 0.3) is 0 Å². The SMILES string of the molecule is CCc1ccc(C(N)C(C)c2ccncc2)o1. The monoisotopic (exact) mass is 230 g/mol. The molecule has 2 unspecified atom stereocenters.